The van der Waals surface area contributed by atoms with Gasteiger partial charge in [-0.25, -0.2) is 0 Å². The van der Waals surface area contributed by atoms with Crippen LogP contribution in [0, 0.1) is 0 Å². The average molecular weight is 260 g/mol. The van der Waals surface area contributed by atoms with Crippen LogP contribution in [0.3, 0.4) is 0 Å². The summed E-state index contributed by atoms with van der Waals surface area (Å²) in [5.74, 6) is -1.96. The molecule has 2 unspecified atom stereocenters. The molecule has 2 aliphatic heterocycles. The van der Waals surface area contributed by atoms with Crippen molar-refractivity contribution in [3.8, 4) is 0 Å². The van der Waals surface area contributed by atoms with Crippen molar-refractivity contribution in [2.75, 3.05) is 13.2 Å². The van der Waals surface area contributed by atoms with Crippen LogP contribution in [0.4, 0.5) is 0 Å². The van der Waals surface area contributed by atoms with Crippen LogP contribution in [0.2, 0.25) is 0 Å². The minimum absolute atomic E-state index is 0.0324. The Hall–Kier alpha value is -0.460. The molecule has 0 spiro atoms. The van der Waals surface area contributed by atoms with Gasteiger partial charge in [-0.3, -0.25) is 0 Å². The zero-order chi connectivity index (χ0) is 14.0. The average Bonchev–Trinajstić information content (AvgIpc) is 2.69. The van der Waals surface area contributed by atoms with Gasteiger partial charge in [0.25, 0.3) is 0 Å². The second-order valence-corrected chi connectivity index (χ2v) is 5.56. The molecule has 18 heavy (non-hydrogen) atoms. The van der Waals surface area contributed by atoms with E-state index in [0.717, 1.165) is 18.6 Å². The highest BCUT2D eigenvalue weighted by atomic mass is 16.7. The second-order valence-electron chi connectivity index (χ2n) is 5.56. The van der Waals surface area contributed by atoms with Crippen molar-refractivity contribution in [1.82, 2.24) is 0 Å². The fourth-order valence-electron chi connectivity index (χ4n) is 1.81. The van der Waals surface area contributed by atoms with Crippen molar-refractivity contribution in [1.29, 1.82) is 0 Å². The van der Waals surface area contributed by atoms with E-state index in [1.165, 1.54) is 13.8 Å². The summed E-state index contributed by atoms with van der Waals surface area (Å²) in [4.78, 5) is 0. The molecule has 0 aromatic carbocycles. The number of rotatable bonds is 1. The molecule has 0 aromatic rings. The van der Waals surface area contributed by atoms with Gasteiger partial charge in [-0.1, -0.05) is 6.58 Å². The minimum Gasteiger partial charge on any atom is -0.371 e. The van der Waals surface area contributed by atoms with Gasteiger partial charge in [0, 0.05) is 0 Å². The van der Waals surface area contributed by atoms with Crippen LogP contribution < -0.4 is 0 Å². The number of hydrogen-bond donors (Lipinski definition) is 2. The van der Waals surface area contributed by atoms with Crippen molar-refractivity contribution in [2.45, 2.75) is 57.9 Å². The summed E-state index contributed by atoms with van der Waals surface area (Å²) in [6, 6.07) is 0. The van der Waals surface area contributed by atoms with E-state index in [9.17, 15) is 0 Å². The van der Waals surface area contributed by atoms with Gasteiger partial charge in [0.05, 0.1) is 13.2 Å². The molecule has 2 aliphatic rings. The van der Waals surface area contributed by atoms with Gasteiger partial charge >= 0.3 is 0 Å². The predicted octanol–water partition coefficient (Wildman–Crippen LogP) is 1.19. The third-order valence-corrected chi connectivity index (χ3v) is 2.49. The molecule has 0 aromatic heterocycles. The molecule has 0 amide bonds. The zero-order valence-corrected chi connectivity index (χ0v) is 11.6. The lowest BCUT2D eigenvalue weighted by Gasteiger charge is -2.20. The Morgan fingerprint density at radius 2 is 1.89 bits per heavy atom. The lowest BCUT2D eigenvalue weighted by molar-refractivity contribution is -0.149. The Labute approximate surface area is 108 Å². The largest absolute Gasteiger partial charge is 0.371 e. The highest BCUT2D eigenvalue weighted by Gasteiger charge is 2.40. The van der Waals surface area contributed by atoms with E-state index in [1.807, 2.05) is 13.8 Å². The molecule has 0 aliphatic carbocycles. The molecule has 2 heterocycles. The molecular formula is C13H24O5. The summed E-state index contributed by atoms with van der Waals surface area (Å²) >= 11 is 0. The summed E-state index contributed by atoms with van der Waals surface area (Å²) in [6.07, 6.45) is 1.03. The molecule has 2 rings (SSSR count). The van der Waals surface area contributed by atoms with Crippen molar-refractivity contribution in [3.05, 3.63) is 12.2 Å². The molecular weight excluding hydrogens is 236 g/mol. The molecule has 0 saturated carbocycles. The first-order valence-electron chi connectivity index (χ1n) is 6.14. The van der Waals surface area contributed by atoms with Crippen LogP contribution in [0.5, 0.6) is 0 Å². The van der Waals surface area contributed by atoms with Crippen LogP contribution in [-0.4, -0.2) is 47.2 Å². The van der Waals surface area contributed by atoms with Crippen LogP contribution >= 0.6 is 0 Å². The highest BCUT2D eigenvalue weighted by molar-refractivity contribution is 5.10. The van der Waals surface area contributed by atoms with Crippen molar-refractivity contribution < 1.29 is 24.4 Å². The zero-order valence-electron chi connectivity index (χ0n) is 11.6. The van der Waals surface area contributed by atoms with Crippen LogP contribution in [0.25, 0.3) is 0 Å². The maximum atomic E-state index is 8.08. The Morgan fingerprint density at radius 3 is 2.22 bits per heavy atom. The Kier molecular flexibility index (Phi) is 4.91. The third kappa shape index (κ3) is 5.46. The molecule has 0 bridgehead atoms. The lowest BCUT2D eigenvalue weighted by Crippen LogP contribution is -2.31. The van der Waals surface area contributed by atoms with E-state index in [0.29, 0.717) is 6.61 Å². The summed E-state index contributed by atoms with van der Waals surface area (Å²) in [5, 5.41) is 16.2. The van der Waals surface area contributed by atoms with Gasteiger partial charge in [-0.05, 0) is 39.7 Å². The first-order valence-corrected chi connectivity index (χ1v) is 6.14. The maximum absolute atomic E-state index is 8.08. The SMILES string of the molecule is C=C1CCOC1C1COC(C)(C)O1.CC(C)(O)O. The normalized spacial score (nSPS) is 31.1. The maximum Gasteiger partial charge on any atom is 0.163 e. The van der Waals surface area contributed by atoms with Gasteiger partial charge in [-0.15, -0.1) is 0 Å². The van der Waals surface area contributed by atoms with E-state index in [2.05, 4.69) is 6.58 Å². The third-order valence-electron chi connectivity index (χ3n) is 2.49. The fourth-order valence-corrected chi connectivity index (χ4v) is 1.81. The highest BCUT2D eigenvalue weighted by Crippen LogP contribution is 2.31. The van der Waals surface area contributed by atoms with Crippen LogP contribution in [0.1, 0.15) is 34.1 Å². The fraction of sp³-hybridized carbons (Fsp3) is 0.846. The predicted molar refractivity (Wildman–Crippen MR) is 66.9 cm³/mol. The summed E-state index contributed by atoms with van der Waals surface area (Å²) < 4.78 is 16.7. The lowest BCUT2D eigenvalue weighted by atomic mass is 10.1. The second kappa shape index (κ2) is 5.67. The summed E-state index contributed by atoms with van der Waals surface area (Å²) in [7, 11) is 0. The number of hydrogen-bond acceptors (Lipinski definition) is 5. The van der Waals surface area contributed by atoms with E-state index in [1.54, 1.807) is 0 Å². The molecule has 5 nitrogen and oxygen atoms in total. The molecule has 2 saturated heterocycles. The summed E-state index contributed by atoms with van der Waals surface area (Å²) in [6.45, 7) is 11.8. The van der Waals surface area contributed by atoms with E-state index < -0.39 is 11.6 Å². The molecule has 5 heteroatoms. The minimum atomic E-state index is -1.50. The summed E-state index contributed by atoms with van der Waals surface area (Å²) in [5.41, 5.74) is 1.13. The van der Waals surface area contributed by atoms with Gasteiger partial charge < -0.3 is 24.4 Å². The van der Waals surface area contributed by atoms with Crippen LogP contribution in [-0.2, 0) is 14.2 Å². The number of ether oxygens (including phenoxy) is 3. The van der Waals surface area contributed by atoms with E-state index >= 15 is 0 Å². The van der Waals surface area contributed by atoms with Crippen LogP contribution in [0.15, 0.2) is 12.2 Å². The molecule has 0 radical (unpaired) electrons. The standard InChI is InChI=1S/C10H16O3.C3H8O2/c1-7-4-5-11-9(7)8-6-12-10(2,3)13-8;1-3(2,4)5/h8-9H,1,4-6H2,2-3H3;4-5H,1-2H3. The van der Waals surface area contributed by atoms with Crippen molar-refractivity contribution in [2.24, 2.45) is 0 Å². The topological polar surface area (TPSA) is 68.2 Å². The van der Waals surface area contributed by atoms with Crippen molar-refractivity contribution in [3.63, 3.8) is 0 Å². The quantitative estimate of drug-likeness (QED) is 0.547. The smallest absolute Gasteiger partial charge is 0.163 e. The molecule has 106 valence electrons. The molecule has 2 atom stereocenters. The van der Waals surface area contributed by atoms with Gasteiger partial charge in [0.15, 0.2) is 11.6 Å². The molecule has 2 fully saturated rings. The van der Waals surface area contributed by atoms with E-state index in [-0.39, 0.29) is 12.2 Å². The Bertz CT molecular complexity index is 286. The van der Waals surface area contributed by atoms with Gasteiger partial charge in [0.2, 0.25) is 0 Å². The Balaban J connectivity index is 0.000000280. The number of aliphatic hydroxyl groups is 2. The monoisotopic (exact) mass is 260 g/mol. The van der Waals surface area contributed by atoms with Gasteiger partial charge in [0.1, 0.15) is 12.2 Å². The Morgan fingerprint density at radius 1 is 1.33 bits per heavy atom. The first-order chi connectivity index (χ1) is 8.08. The van der Waals surface area contributed by atoms with Crippen molar-refractivity contribution >= 4 is 0 Å². The molecule has 2 N–H and O–H groups in total. The first kappa shape index (κ1) is 15.6. The van der Waals surface area contributed by atoms with E-state index in [4.69, 9.17) is 24.4 Å². The van der Waals surface area contributed by atoms with Gasteiger partial charge in [-0.2, -0.15) is 0 Å².